The first kappa shape index (κ1) is 18.6. The summed E-state index contributed by atoms with van der Waals surface area (Å²) in [7, 11) is 1.81. The Kier molecular flexibility index (Phi) is 6.15. The van der Waals surface area contributed by atoms with Crippen molar-refractivity contribution in [3.05, 3.63) is 83.8 Å². The summed E-state index contributed by atoms with van der Waals surface area (Å²) in [5.74, 6) is 0.698. The monoisotopic (exact) mass is 360 g/mol. The summed E-state index contributed by atoms with van der Waals surface area (Å²) in [5, 5.41) is 3.32. The van der Waals surface area contributed by atoms with Crippen LogP contribution in [0.1, 0.15) is 28.4 Å². The van der Waals surface area contributed by atoms with Gasteiger partial charge in [0.25, 0.3) is 5.91 Å². The third-order valence-corrected chi connectivity index (χ3v) is 4.50. The quantitative estimate of drug-likeness (QED) is 0.689. The van der Waals surface area contributed by atoms with Gasteiger partial charge < -0.3 is 10.2 Å². The summed E-state index contributed by atoms with van der Waals surface area (Å²) in [6.45, 7) is 2.77. The number of likely N-dealkylation sites (N-methyl/N-ethyl adjacent to an activating group) is 1. The normalized spacial score (nSPS) is 10.4. The Balaban J connectivity index is 1.61. The van der Waals surface area contributed by atoms with Gasteiger partial charge in [-0.3, -0.25) is 9.78 Å². The molecule has 3 rings (SSSR count). The summed E-state index contributed by atoms with van der Waals surface area (Å²) in [6, 6.07) is 15.7. The molecule has 0 fully saturated rings. The number of para-hydroxylation sites is 1. The average Bonchev–Trinajstić information content (AvgIpc) is 2.73. The van der Waals surface area contributed by atoms with Gasteiger partial charge in [-0.2, -0.15) is 0 Å². The molecule has 2 heterocycles. The first-order valence-corrected chi connectivity index (χ1v) is 9.12. The molecule has 0 aliphatic carbocycles. The second-order valence-electron chi connectivity index (χ2n) is 6.40. The fourth-order valence-corrected chi connectivity index (χ4v) is 2.85. The van der Waals surface area contributed by atoms with Crippen LogP contribution in [0.15, 0.2) is 67.1 Å². The zero-order chi connectivity index (χ0) is 19.1. The van der Waals surface area contributed by atoms with Crippen LogP contribution in [0.2, 0.25) is 0 Å². The number of rotatable bonds is 7. The molecule has 2 aromatic heterocycles. The van der Waals surface area contributed by atoms with Crippen LogP contribution in [-0.2, 0) is 12.8 Å². The second-order valence-corrected chi connectivity index (χ2v) is 6.40. The van der Waals surface area contributed by atoms with Gasteiger partial charge in [-0.05, 0) is 54.3 Å². The minimum atomic E-state index is -0.0305. The van der Waals surface area contributed by atoms with Crippen molar-refractivity contribution in [1.82, 2.24) is 14.9 Å². The number of pyridine rings is 2. The Bertz CT molecular complexity index is 878. The van der Waals surface area contributed by atoms with E-state index in [-0.39, 0.29) is 5.91 Å². The lowest BCUT2D eigenvalue weighted by molar-refractivity contribution is 0.0796. The van der Waals surface area contributed by atoms with E-state index in [2.05, 4.69) is 28.3 Å². The molecule has 3 aromatic rings. The maximum absolute atomic E-state index is 12.6. The molecule has 5 nitrogen and oxygen atoms in total. The number of nitrogens with zero attached hydrogens (tertiary/aromatic N) is 3. The van der Waals surface area contributed by atoms with Gasteiger partial charge in [0.05, 0.1) is 5.56 Å². The van der Waals surface area contributed by atoms with Crippen LogP contribution in [0.5, 0.6) is 0 Å². The second kappa shape index (κ2) is 8.94. The number of benzene rings is 1. The highest BCUT2D eigenvalue weighted by molar-refractivity contribution is 5.94. The minimum absolute atomic E-state index is 0.0305. The summed E-state index contributed by atoms with van der Waals surface area (Å²) in [4.78, 5) is 22.7. The first-order chi connectivity index (χ1) is 13.2. The molecule has 0 spiro atoms. The molecule has 1 aromatic carbocycles. The standard InChI is InChI=1S/C22H24N4O/c1-3-18-6-4-5-7-20(18)25-21-9-8-19(16-24-21)22(27)26(2)15-12-17-10-13-23-14-11-17/h4-11,13-14,16H,3,12,15H2,1-2H3,(H,24,25). The van der Waals surface area contributed by atoms with Crippen LogP contribution in [0.25, 0.3) is 0 Å². The number of amides is 1. The van der Waals surface area contributed by atoms with Crippen molar-refractivity contribution in [3.63, 3.8) is 0 Å². The van der Waals surface area contributed by atoms with Gasteiger partial charge in [0, 0.05) is 37.9 Å². The highest BCUT2D eigenvalue weighted by atomic mass is 16.2. The van der Waals surface area contributed by atoms with Gasteiger partial charge >= 0.3 is 0 Å². The third kappa shape index (κ3) is 4.91. The number of aromatic nitrogens is 2. The van der Waals surface area contributed by atoms with Gasteiger partial charge in [0.2, 0.25) is 0 Å². The Morgan fingerprint density at radius 3 is 2.56 bits per heavy atom. The van der Waals surface area contributed by atoms with Crippen molar-refractivity contribution in [2.24, 2.45) is 0 Å². The highest BCUT2D eigenvalue weighted by Crippen LogP contribution is 2.20. The zero-order valence-corrected chi connectivity index (χ0v) is 15.7. The van der Waals surface area contributed by atoms with Gasteiger partial charge in [-0.15, -0.1) is 0 Å². The van der Waals surface area contributed by atoms with Gasteiger partial charge in [-0.25, -0.2) is 4.98 Å². The number of carbonyl (C=O) groups is 1. The molecule has 138 valence electrons. The average molecular weight is 360 g/mol. The number of aryl methyl sites for hydroxylation is 1. The van der Waals surface area contributed by atoms with E-state index in [1.165, 1.54) is 5.56 Å². The molecule has 0 saturated heterocycles. The number of anilines is 2. The molecule has 0 aliphatic rings. The predicted octanol–water partition coefficient (Wildman–Crippen LogP) is 4.10. The van der Waals surface area contributed by atoms with E-state index in [0.29, 0.717) is 12.1 Å². The Morgan fingerprint density at radius 1 is 1.07 bits per heavy atom. The van der Waals surface area contributed by atoms with Crippen molar-refractivity contribution in [3.8, 4) is 0 Å². The van der Waals surface area contributed by atoms with Gasteiger partial charge in [0.1, 0.15) is 5.82 Å². The predicted molar refractivity (Wildman–Crippen MR) is 108 cm³/mol. The maximum Gasteiger partial charge on any atom is 0.255 e. The summed E-state index contributed by atoms with van der Waals surface area (Å²) < 4.78 is 0. The SMILES string of the molecule is CCc1ccccc1Nc1ccc(C(=O)N(C)CCc2ccncc2)cn1. The molecule has 0 aliphatic heterocycles. The number of hydrogen-bond acceptors (Lipinski definition) is 4. The molecule has 27 heavy (non-hydrogen) atoms. The van der Waals surface area contributed by atoms with E-state index >= 15 is 0 Å². The van der Waals surface area contributed by atoms with Crippen LogP contribution in [0.3, 0.4) is 0 Å². The van der Waals surface area contributed by atoms with Gasteiger partial charge in [-0.1, -0.05) is 25.1 Å². The molecular formula is C22H24N4O. The molecule has 0 unspecified atom stereocenters. The van der Waals surface area contributed by atoms with E-state index < -0.39 is 0 Å². The number of nitrogens with one attached hydrogen (secondary N) is 1. The van der Waals surface area contributed by atoms with E-state index in [0.717, 1.165) is 29.9 Å². The van der Waals surface area contributed by atoms with Gasteiger partial charge in [0.15, 0.2) is 0 Å². The molecule has 1 N–H and O–H groups in total. The Hall–Kier alpha value is -3.21. The molecular weight excluding hydrogens is 336 g/mol. The van der Waals surface area contributed by atoms with Crippen molar-refractivity contribution < 1.29 is 4.79 Å². The molecule has 0 radical (unpaired) electrons. The molecule has 0 saturated carbocycles. The van der Waals surface area contributed by atoms with E-state index in [9.17, 15) is 4.79 Å². The third-order valence-electron chi connectivity index (χ3n) is 4.50. The van der Waals surface area contributed by atoms with Crippen molar-refractivity contribution in [1.29, 1.82) is 0 Å². The van der Waals surface area contributed by atoms with Crippen molar-refractivity contribution >= 4 is 17.4 Å². The smallest absolute Gasteiger partial charge is 0.255 e. The Labute approximate surface area is 160 Å². The topological polar surface area (TPSA) is 58.1 Å². The van der Waals surface area contributed by atoms with Crippen molar-refractivity contribution in [2.45, 2.75) is 19.8 Å². The van der Waals surface area contributed by atoms with Crippen LogP contribution in [0.4, 0.5) is 11.5 Å². The summed E-state index contributed by atoms with van der Waals surface area (Å²) in [5.41, 5.74) is 4.02. The zero-order valence-electron chi connectivity index (χ0n) is 15.7. The lowest BCUT2D eigenvalue weighted by Crippen LogP contribution is -2.28. The summed E-state index contributed by atoms with van der Waals surface area (Å²) in [6.07, 6.45) is 6.91. The van der Waals surface area contributed by atoms with E-state index in [4.69, 9.17) is 0 Å². The number of carbonyl (C=O) groups excluding carboxylic acids is 1. The molecule has 1 amide bonds. The fraction of sp³-hybridized carbons (Fsp3) is 0.227. The molecule has 5 heteroatoms. The van der Waals surface area contributed by atoms with Crippen LogP contribution >= 0.6 is 0 Å². The summed E-state index contributed by atoms with van der Waals surface area (Å²) >= 11 is 0. The maximum atomic E-state index is 12.6. The van der Waals surface area contributed by atoms with E-state index in [1.807, 2.05) is 49.5 Å². The lowest BCUT2D eigenvalue weighted by Gasteiger charge is -2.17. The lowest BCUT2D eigenvalue weighted by atomic mass is 10.1. The number of hydrogen-bond donors (Lipinski definition) is 1. The largest absolute Gasteiger partial charge is 0.341 e. The van der Waals surface area contributed by atoms with E-state index in [1.54, 1.807) is 23.5 Å². The molecule has 0 bridgehead atoms. The van der Waals surface area contributed by atoms with Crippen LogP contribution < -0.4 is 5.32 Å². The first-order valence-electron chi connectivity index (χ1n) is 9.12. The fourth-order valence-electron chi connectivity index (χ4n) is 2.85. The highest BCUT2D eigenvalue weighted by Gasteiger charge is 2.12. The minimum Gasteiger partial charge on any atom is -0.341 e. The van der Waals surface area contributed by atoms with Crippen molar-refractivity contribution in [2.75, 3.05) is 18.9 Å². The van der Waals surface area contributed by atoms with Crippen LogP contribution in [0, 0.1) is 0 Å². The molecule has 0 atom stereocenters. The van der Waals surface area contributed by atoms with Crippen LogP contribution in [-0.4, -0.2) is 34.4 Å². The Morgan fingerprint density at radius 2 is 1.85 bits per heavy atom.